The van der Waals surface area contributed by atoms with E-state index in [0.717, 1.165) is 0 Å². The van der Waals surface area contributed by atoms with Crippen LogP contribution in [0.25, 0.3) is 0 Å². The van der Waals surface area contributed by atoms with Crippen molar-refractivity contribution in [3.05, 3.63) is 0 Å². The lowest BCUT2D eigenvalue weighted by Crippen LogP contribution is -2.50. The molecule has 5 heteroatoms. The van der Waals surface area contributed by atoms with Crippen LogP contribution in [-0.4, -0.2) is 52.6 Å². The fourth-order valence-corrected chi connectivity index (χ4v) is 1.51. The second-order valence-electron chi connectivity index (χ2n) is 2.87. The van der Waals surface area contributed by atoms with Gasteiger partial charge in [0.05, 0.1) is 6.61 Å². The van der Waals surface area contributed by atoms with E-state index in [1.54, 1.807) is 0 Å². The molecule has 64 valence electrons. The van der Waals surface area contributed by atoms with Gasteiger partial charge in [0.25, 0.3) is 0 Å². The molecule has 4 atom stereocenters. The molecule has 0 aromatic carbocycles. The summed E-state index contributed by atoms with van der Waals surface area (Å²) in [5, 5.41) is 27.3. The normalized spacial score (nSPS) is 55.4. The minimum atomic E-state index is -1.36. The highest BCUT2D eigenvalue weighted by Gasteiger charge is 2.60. The molecule has 0 aromatic heterocycles. The van der Waals surface area contributed by atoms with Gasteiger partial charge in [-0.3, -0.25) is 0 Å². The van der Waals surface area contributed by atoms with Crippen LogP contribution in [0.5, 0.6) is 0 Å². The highest BCUT2D eigenvalue weighted by atomic mass is 16.8. The maximum Gasteiger partial charge on any atom is 0.221 e. The van der Waals surface area contributed by atoms with Crippen molar-refractivity contribution in [2.45, 2.75) is 24.1 Å². The number of hydrogen-bond acceptors (Lipinski definition) is 5. The third-order valence-corrected chi connectivity index (χ3v) is 2.22. The van der Waals surface area contributed by atoms with Crippen molar-refractivity contribution in [1.29, 1.82) is 0 Å². The lowest BCUT2D eigenvalue weighted by molar-refractivity contribution is -0.224. The predicted octanol–water partition coefficient (Wildman–Crippen LogP) is -2.17. The zero-order valence-corrected chi connectivity index (χ0v) is 5.80. The van der Waals surface area contributed by atoms with E-state index < -0.39 is 30.7 Å². The van der Waals surface area contributed by atoms with Crippen molar-refractivity contribution in [1.82, 2.24) is 0 Å². The van der Waals surface area contributed by atoms with Crippen LogP contribution in [-0.2, 0) is 9.47 Å². The van der Waals surface area contributed by atoms with Crippen LogP contribution < -0.4 is 0 Å². The average Bonchev–Trinajstić information content (AvgIpc) is 2.53. The molecule has 2 saturated heterocycles. The molecule has 2 aliphatic heterocycles. The topological polar surface area (TPSA) is 79.2 Å². The first-order valence-corrected chi connectivity index (χ1v) is 3.48. The molecule has 2 bridgehead atoms. The molecular weight excluding hydrogens is 152 g/mol. The Morgan fingerprint density at radius 3 is 2.55 bits per heavy atom. The Hall–Kier alpha value is -0.200. The molecule has 0 radical (unpaired) electrons. The van der Waals surface area contributed by atoms with Crippen LogP contribution in [0.2, 0.25) is 0 Å². The Kier molecular flexibility index (Phi) is 1.45. The molecule has 0 amide bonds. The van der Waals surface area contributed by atoms with Crippen LogP contribution >= 0.6 is 0 Å². The standard InChI is InChI=1S/C6H10O5/c7-2-6-5(9)4(8)3(11-6)1-10-6/h3-5,7-9H,1-2H2/t3-,4-,5+,6-/m1/s1. The van der Waals surface area contributed by atoms with Crippen molar-refractivity contribution in [3.63, 3.8) is 0 Å². The van der Waals surface area contributed by atoms with Crippen LogP contribution in [0.3, 0.4) is 0 Å². The molecule has 2 rings (SSSR count). The SMILES string of the molecule is OC[C@@]12OC[C@@H](O1)[C@@H](O)[C@@H]2O. The van der Waals surface area contributed by atoms with Crippen LogP contribution in [0, 0.1) is 0 Å². The minimum Gasteiger partial charge on any atom is -0.391 e. The van der Waals surface area contributed by atoms with Gasteiger partial charge in [-0.1, -0.05) is 0 Å². The predicted molar refractivity (Wildman–Crippen MR) is 32.7 cm³/mol. The number of hydrogen-bond donors (Lipinski definition) is 3. The van der Waals surface area contributed by atoms with E-state index in [4.69, 9.17) is 14.6 Å². The minimum absolute atomic E-state index is 0.235. The van der Waals surface area contributed by atoms with Gasteiger partial charge in [-0.05, 0) is 0 Å². The third-order valence-electron chi connectivity index (χ3n) is 2.22. The van der Waals surface area contributed by atoms with E-state index >= 15 is 0 Å². The summed E-state index contributed by atoms with van der Waals surface area (Å²) < 4.78 is 10.1. The summed E-state index contributed by atoms with van der Waals surface area (Å²) in [6.45, 7) is -0.194. The van der Waals surface area contributed by atoms with Gasteiger partial charge in [-0.2, -0.15) is 0 Å². The Labute approximate surface area is 63.2 Å². The van der Waals surface area contributed by atoms with Gasteiger partial charge in [0, 0.05) is 0 Å². The highest BCUT2D eigenvalue weighted by molar-refractivity contribution is 5.01. The van der Waals surface area contributed by atoms with Crippen molar-refractivity contribution in [2.75, 3.05) is 13.2 Å². The monoisotopic (exact) mass is 162 g/mol. The molecule has 0 aromatic rings. The molecule has 11 heavy (non-hydrogen) atoms. The lowest BCUT2D eigenvalue weighted by Gasteiger charge is -2.28. The third kappa shape index (κ3) is 0.771. The van der Waals surface area contributed by atoms with E-state index in [9.17, 15) is 10.2 Å². The number of aliphatic hydroxyl groups excluding tert-OH is 3. The zero-order chi connectivity index (χ0) is 8.06. The lowest BCUT2D eigenvalue weighted by atomic mass is 10.0. The van der Waals surface area contributed by atoms with E-state index in [1.165, 1.54) is 0 Å². The summed E-state index contributed by atoms with van der Waals surface area (Å²) in [7, 11) is 0. The van der Waals surface area contributed by atoms with Gasteiger partial charge in [-0.15, -0.1) is 0 Å². The Morgan fingerprint density at radius 2 is 2.18 bits per heavy atom. The first-order chi connectivity index (χ1) is 5.19. The van der Waals surface area contributed by atoms with Crippen molar-refractivity contribution in [3.8, 4) is 0 Å². The smallest absolute Gasteiger partial charge is 0.221 e. The summed E-state index contributed by atoms with van der Waals surface area (Å²) in [5.41, 5.74) is 0. The van der Waals surface area contributed by atoms with Crippen LogP contribution in [0.15, 0.2) is 0 Å². The number of rotatable bonds is 1. The molecule has 2 fully saturated rings. The molecule has 2 aliphatic rings. The van der Waals surface area contributed by atoms with Crippen LogP contribution in [0.4, 0.5) is 0 Å². The second-order valence-corrected chi connectivity index (χ2v) is 2.87. The van der Waals surface area contributed by atoms with Gasteiger partial charge in [0.15, 0.2) is 0 Å². The summed E-state index contributed by atoms with van der Waals surface area (Å²) >= 11 is 0. The quantitative estimate of drug-likeness (QED) is 0.409. The van der Waals surface area contributed by atoms with Gasteiger partial charge < -0.3 is 24.8 Å². The van der Waals surface area contributed by atoms with Crippen molar-refractivity contribution >= 4 is 0 Å². The highest BCUT2D eigenvalue weighted by Crippen LogP contribution is 2.38. The second kappa shape index (κ2) is 2.15. The Bertz CT molecular complexity index is 172. The van der Waals surface area contributed by atoms with E-state index in [-0.39, 0.29) is 6.61 Å². The van der Waals surface area contributed by atoms with Crippen molar-refractivity contribution in [2.24, 2.45) is 0 Å². The van der Waals surface area contributed by atoms with Gasteiger partial charge in [0.2, 0.25) is 5.79 Å². The molecular formula is C6H10O5. The Balaban J connectivity index is 2.23. The fourth-order valence-electron chi connectivity index (χ4n) is 1.51. The van der Waals surface area contributed by atoms with Gasteiger partial charge in [0.1, 0.15) is 24.9 Å². The first-order valence-electron chi connectivity index (χ1n) is 3.48. The Morgan fingerprint density at radius 1 is 1.45 bits per heavy atom. The van der Waals surface area contributed by atoms with E-state index in [0.29, 0.717) is 0 Å². The number of ether oxygens (including phenoxy) is 2. The van der Waals surface area contributed by atoms with E-state index in [1.807, 2.05) is 0 Å². The van der Waals surface area contributed by atoms with E-state index in [2.05, 4.69) is 0 Å². The van der Waals surface area contributed by atoms with Gasteiger partial charge >= 0.3 is 0 Å². The number of aliphatic hydroxyl groups is 3. The summed E-state index contributed by atoms with van der Waals surface area (Å²) in [6, 6.07) is 0. The summed E-state index contributed by atoms with van der Waals surface area (Å²) in [6.07, 6.45) is -2.56. The van der Waals surface area contributed by atoms with Crippen molar-refractivity contribution < 1.29 is 24.8 Å². The van der Waals surface area contributed by atoms with Gasteiger partial charge in [-0.25, -0.2) is 0 Å². The largest absolute Gasteiger partial charge is 0.391 e. The first kappa shape index (κ1) is 7.45. The van der Waals surface area contributed by atoms with Crippen LogP contribution in [0.1, 0.15) is 0 Å². The maximum absolute atomic E-state index is 9.28. The summed E-state index contributed by atoms with van der Waals surface area (Å²) in [5.74, 6) is -1.36. The summed E-state index contributed by atoms with van der Waals surface area (Å²) in [4.78, 5) is 0. The molecule has 0 unspecified atom stereocenters. The number of fused-ring (bicyclic) bond motifs is 2. The molecule has 0 aliphatic carbocycles. The molecule has 0 spiro atoms. The molecule has 2 heterocycles. The molecule has 5 nitrogen and oxygen atoms in total. The fraction of sp³-hybridized carbons (Fsp3) is 1.00. The maximum atomic E-state index is 9.28. The zero-order valence-electron chi connectivity index (χ0n) is 5.80. The molecule has 3 N–H and O–H groups in total. The average molecular weight is 162 g/mol. The molecule has 0 saturated carbocycles.